The SMILES string of the molecule is CCc1nnc(CN2CC(C(C)C(=O)O)C2)o1. The van der Waals surface area contributed by atoms with Crippen LogP contribution in [0, 0.1) is 11.8 Å². The van der Waals surface area contributed by atoms with Gasteiger partial charge >= 0.3 is 5.97 Å². The van der Waals surface area contributed by atoms with Crippen LogP contribution in [0.25, 0.3) is 0 Å². The van der Waals surface area contributed by atoms with Gasteiger partial charge in [-0.2, -0.15) is 0 Å². The Morgan fingerprint density at radius 2 is 2.18 bits per heavy atom. The molecule has 0 bridgehead atoms. The molecule has 1 atom stereocenters. The second kappa shape index (κ2) is 4.83. The van der Waals surface area contributed by atoms with E-state index in [0.717, 1.165) is 19.5 Å². The summed E-state index contributed by atoms with van der Waals surface area (Å²) in [6, 6.07) is 0. The number of carbonyl (C=O) groups is 1. The molecule has 0 saturated carbocycles. The summed E-state index contributed by atoms with van der Waals surface area (Å²) in [6.45, 7) is 5.92. The molecular formula is C11H17N3O3. The monoisotopic (exact) mass is 239 g/mol. The van der Waals surface area contributed by atoms with E-state index in [0.29, 0.717) is 18.3 Å². The lowest BCUT2D eigenvalue weighted by Crippen LogP contribution is -2.50. The van der Waals surface area contributed by atoms with Gasteiger partial charge in [-0.15, -0.1) is 10.2 Å². The van der Waals surface area contributed by atoms with Gasteiger partial charge in [-0.05, 0) is 5.92 Å². The number of nitrogens with zero attached hydrogens (tertiary/aromatic N) is 3. The standard InChI is InChI=1S/C11H17N3O3/c1-3-9-12-13-10(17-9)6-14-4-8(5-14)7(2)11(15)16/h7-8H,3-6H2,1-2H3,(H,15,16). The molecule has 94 valence electrons. The predicted octanol–water partition coefficient (Wildman–Crippen LogP) is 0.785. The molecule has 1 aromatic rings. The van der Waals surface area contributed by atoms with Gasteiger partial charge in [0.1, 0.15) is 0 Å². The van der Waals surface area contributed by atoms with Crippen LogP contribution in [-0.4, -0.2) is 39.3 Å². The van der Waals surface area contributed by atoms with Crippen molar-refractivity contribution >= 4 is 5.97 Å². The molecule has 1 aliphatic rings. The first kappa shape index (κ1) is 12.0. The molecule has 0 aromatic carbocycles. The molecule has 1 saturated heterocycles. The molecule has 1 fully saturated rings. The van der Waals surface area contributed by atoms with Crippen LogP contribution in [0.15, 0.2) is 4.42 Å². The number of likely N-dealkylation sites (tertiary alicyclic amines) is 1. The van der Waals surface area contributed by atoms with E-state index in [1.807, 2.05) is 6.92 Å². The zero-order chi connectivity index (χ0) is 12.4. The van der Waals surface area contributed by atoms with Crippen LogP contribution in [0.3, 0.4) is 0 Å². The normalized spacial score (nSPS) is 18.9. The highest BCUT2D eigenvalue weighted by atomic mass is 16.4. The quantitative estimate of drug-likeness (QED) is 0.818. The second-order valence-corrected chi connectivity index (χ2v) is 4.52. The minimum absolute atomic E-state index is 0.237. The van der Waals surface area contributed by atoms with Crippen molar-refractivity contribution in [1.29, 1.82) is 0 Å². The van der Waals surface area contributed by atoms with Gasteiger partial charge in [0.15, 0.2) is 0 Å². The van der Waals surface area contributed by atoms with Gasteiger partial charge in [-0.3, -0.25) is 9.69 Å². The summed E-state index contributed by atoms with van der Waals surface area (Å²) in [7, 11) is 0. The highest BCUT2D eigenvalue weighted by molar-refractivity contribution is 5.70. The third-order valence-corrected chi connectivity index (χ3v) is 3.25. The minimum Gasteiger partial charge on any atom is -0.481 e. The average molecular weight is 239 g/mol. The third-order valence-electron chi connectivity index (χ3n) is 3.25. The Hall–Kier alpha value is -1.43. The van der Waals surface area contributed by atoms with Gasteiger partial charge < -0.3 is 9.52 Å². The topological polar surface area (TPSA) is 79.5 Å². The average Bonchev–Trinajstić information content (AvgIpc) is 2.69. The zero-order valence-electron chi connectivity index (χ0n) is 10.1. The first-order valence-corrected chi connectivity index (χ1v) is 5.86. The predicted molar refractivity (Wildman–Crippen MR) is 59.2 cm³/mol. The molecule has 1 aliphatic heterocycles. The van der Waals surface area contributed by atoms with Gasteiger partial charge in [0, 0.05) is 19.5 Å². The first-order valence-electron chi connectivity index (χ1n) is 5.86. The Morgan fingerprint density at radius 3 is 2.71 bits per heavy atom. The molecule has 6 heteroatoms. The molecule has 6 nitrogen and oxygen atoms in total. The van der Waals surface area contributed by atoms with Crippen molar-refractivity contribution in [2.45, 2.75) is 26.8 Å². The van der Waals surface area contributed by atoms with Crippen molar-refractivity contribution in [3.63, 3.8) is 0 Å². The number of aromatic nitrogens is 2. The van der Waals surface area contributed by atoms with Crippen molar-refractivity contribution in [1.82, 2.24) is 15.1 Å². The van der Waals surface area contributed by atoms with Crippen molar-refractivity contribution in [3.05, 3.63) is 11.8 Å². The fraction of sp³-hybridized carbons (Fsp3) is 0.727. The first-order chi connectivity index (χ1) is 8.10. The van der Waals surface area contributed by atoms with Crippen molar-refractivity contribution < 1.29 is 14.3 Å². The Labute approximate surface area is 99.6 Å². The van der Waals surface area contributed by atoms with E-state index in [4.69, 9.17) is 9.52 Å². The molecule has 1 N–H and O–H groups in total. The summed E-state index contributed by atoms with van der Waals surface area (Å²) in [5, 5.41) is 16.7. The highest BCUT2D eigenvalue weighted by Crippen LogP contribution is 2.25. The fourth-order valence-corrected chi connectivity index (χ4v) is 1.94. The van der Waals surface area contributed by atoms with E-state index < -0.39 is 5.97 Å². The van der Waals surface area contributed by atoms with Crippen molar-refractivity contribution in [3.8, 4) is 0 Å². The maximum atomic E-state index is 10.8. The number of carboxylic acid groups (broad SMARTS) is 1. The number of hydrogen-bond donors (Lipinski definition) is 1. The maximum Gasteiger partial charge on any atom is 0.306 e. The Kier molecular flexibility index (Phi) is 3.42. The molecule has 1 aromatic heterocycles. The van der Waals surface area contributed by atoms with Crippen LogP contribution >= 0.6 is 0 Å². The number of rotatable bonds is 5. The summed E-state index contributed by atoms with van der Waals surface area (Å²) in [4.78, 5) is 12.9. The van der Waals surface area contributed by atoms with Gasteiger partial charge in [0.25, 0.3) is 0 Å². The number of hydrogen-bond acceptors (Lipinski definition) is 5. The molecule has 2 heterocycles. The van der Waals surface area contributed by atoms with E-state index in [1.165, 1.54) is 0 Å². The van der Waals surface area contributed by atoms with Crippen LogP contribution in [0.2, 0.25) is 0 Å². The van der Waals surface area contributed by atoms with E-state index in [1.54, 1.807) is 6.92 Å². The summed E-state index contributed by atoms with van der Waals surface area (Å²) >= 11 is 0. The molecule has 0 radical (unpaired) electrons. The lowest BCUT2D eigenvalue weighted by atomic mass is 9.87. The molecule has 2 rings (SSSR count). The number of aryl methyl sites for hydroxylation is 1. The molecule has 0 spiro atoms. The molecule has 1 unspecified atom stereocenters. The highest BCUT2D eigenvalue weighted by Gasteiger charge is 2.35. The smallest absolute Gasteiger partial charge is 0.306 e. The lowest BCUT2D eigenvalue weighted by molar-refractivity contribution is -0.145. The molecular weight excluding hydrogens is 222 g/mol. The molecule has 17 heavy (non-hydrogen) atoms. The lowest BCUT2D eigenvalue weighted by Gasteiger charge is -2.40. The third kappa shape index (κ3) is 2.63. The number of carboxylic acids is 1. The molecule has 0 aliphatic carbocycles. The zero-order valence-corrected chi connectivity index (χ0v) is 10.1. The van der Waals surface area contributed by atoms with E-state index in [9.17, 15) is 4.79 Å². The Balaban J connectivity index is 1.79. The van der Waals surface area contributed by atoms with Gasteiger partial charge in [0.05, 0.1) is 12.5 Å². The van der Waals surface area contributed by atoms with E-state index in [2.05, 4.69) is 15.1 Å². The number of aliphatic carboxylic acids is 1. The fourth-order valence-electron chi connectivity index (χ4n) is 1.94. The summed E-state index contributed by atoms with van der Waals surface area (Å²) < 4.78 is 5.40. The van der Waals surface area contributed by atoms with Gasteiger partial charge in [0.2, 0.25) is 11.8 Å². The second-order valence-electron chi connectivity index (χ2n) is 4.52. The molecule has 0 amide bonds. The van der Waals surface area contributed by atoms with Crippen LogP contribution in [0.4, 0.5) is 0 Å². The van der Waals surface area contributed by atoms with Gasteiger partial charge in [-0.1, -0.05) is 13.8 Å². The van der Waals surface area contributed by atoms with Crippen LogP contribution in [-0.2, 0) is 17.8 Å². The van der Waals surface area contributed by atoms with Crippen molar-refractivity contribution in [2.24, 2.45) is 11.8 Å². The largest absolute Gasteiger partial charge is 0.481 e. The van der Waals surface area contributed by atoms with Crippen molar-refractivity contribution in [2.75, 3.05) is 13.1 Å². The Bertz CT molecular complexity index is 398. The van der Waals surface area contributed by atoms with Crippen LogP contribution in [0.1, 0.15) is 25.6 Å². The van der Waals surface area contributed by atoms with Gasteiger partial charge in [-0.25, -0.2) is 0 Å². The summed E-state index contributed by atoms with van der Waals surface area (Å²) in [5.41, 5.74) is 0. The minimum atomic E-state index is -0.722. The van der Waals surface area contributed by atoms with E-state index >= 15 is 0 Å². The van der Waals surface area contributed by atoms with E-state index in [-0.39, 0.29) is 11.8 Å². The summed E-state index contributed by atoms with van der Waals surface area (Å²) in [6.07, 6.45) is 0.742. The Morgan fingerprint density at radius 1 is 1.53 bits per heavy atom. The maximum absolute atomic E-state index is 10.8. The summed E-state index contributed by atoms with van der Waals surface area (Å²) in [5.74, 6) is 0.501. The van der Waals surface area contributed by atoms with Crippen LogP contribution in [0.5, 0.6) is 0 Å². The van der Waals surface area contributed by atoms with Crippen LogP contribution < -0.4 is 0 Å².